The van der Waals surface area contributed by atoms with Gasteiger partial charge >= 0.3 is 0 Å². The SMILES string of the molecule is C[S+]([O-])c1ccc(OCCCCCCO)cc1. The third-order valence-corrected chi connectivity index (χ3v) is 3.41. The maximum Gasteiger partial charge on any atom is 0.152 e. The molecule has 0 saturated carbocycles. The highest BCUT2D eigenvalue weighted by molar-refractivity contribution is 7.90. The molecule has 1 atom stereocenters. The summed E-state index contributed by atoms with van der Waals surface area (Å²) in [6.07, 6.45) is 5.67. The van der Waals surface area contributed by atoms with E-state index in [2.05, 4.69) is 0 Å². The standard InChI is InChI=1S/C13H20O3S/c1-17(15)13-8-6-12(7-9-13)16-11-5-3-2-4-10-14/h6-9,14H,2-5,10-11H2,1H3. The molecule has 0 aliphatic heterocycles. The van der Waals surface area contributed by atoms with E-state index in [0.717, 1.165) is 36.3 Å². The number of aliphatic hydroxyl groups is 1. The number of aliphatic hydroxyl groups excluding tert-OH is 1. The van der Waals surface area contributed by atoms with Gasteiger partial charge in [0.25, 0.3) is 0 Å². The van der Waals surface area contributed by atoms with Crippen LogP contribution in [0.3, 0.4) is 0 Å². The average molecular weight is 256 g/mol. The second-order valence-corrected chi connectivity index (χ2v) is 5.29. The number of unbranched alkanes of at least 4 members (excludes halogenated alkanes) is 3. The molecule has 0 fully saturated rings. The lowest BCUT2D eigenvalue weighted by molar-refractivity contribution is 0.273. The Balaban J connectivity index is 2.19. The maximum absolute atomic E-state index is 11.2. The zero-order valence-electron chi connectivity index (χ0n) is 10.2. The van der Waals surface area contributed by atoms with Crippen LogP contribution in [0.4, 0.5) is 0 Å². The first-order chi connectivity index (χ1) is 8.24. The second-order valence-electron chi connectivity index (χ2n) is 3.91. The van der Waals surface area contributed by atoms with E-state index in [1.165, 1.54) is 0 Å². The van der Waals surface area contributed by atoms with E-state index >= 15 is 0 Å². The summed E-state index contributed by atoms with van der Waals surface area (Å²) < 4.78 is 16.7. The van der Waals surface area contributed by atoms with Crippen molar-refractivity contribution >= 4 is 11.2 Å². The van der Waals surface area contributed by atoms with Crippen molar-refractivity contribution in [2.45, 2.75) is 30.6 Å². The highest BCUT2D eigenvalue weighted by atomic mass is 32.2. The predicted molar refractivity (Wildman–Crippen MR) is 69.8 cm³/mol. The Kier molecular flexibility index (Phi) is 7.08. The molecule has 17 heavy (non-hydrogen) atoms. The van der Waals surface area contributed by atoms with E-state index in [9.17, 15) is 4.55 Å². The first kappa shape index (κ1) is 14.4. The number of benzene rings is 1. The van der Waals surface area contributed by atoms with Gasteiger partial charge in [-0.1, -0.05) is 6.42 Å². The number of hydrogen-bond donors (Lipinski definition) is 1. The molecule has 1 aromatic carbocycles. The largest absolute Gasteiger partial charge is 0.612 e. The van der Waals surface area contributed by atoms with Crippen molar-refractivity contribution in [3.05, 3.63) is 24.3 Å². The molecule has 96 valence electrons. The van der Waals surface area contributed by atoms with E-state index in [-0.39, 0.29) is 6.61 Å². The summed E-state index contributed by atoms with van der Waals surface area (Å²) in [5.74, 6) is 0.821. The van der Waals surface area contributed by atoms with Gasteiger partial charge in [-0.15, -0.1) is 0 Å². The van der Waals surface area contributed by atoms with Crippen LogP contribution in [-0.2, 0) is 11.2 Å². The topological polar surface area (TPSA) is 52.5 Å². The van der Waals surface area contributed by atoms with Crippen molar-refractivity contribution in [3.63, 3.8) is 0 Å². The van der Waals surface area contributed by atoms with Crippen LogP contribution < -0.4 is 4.74 Å². The third-order valence-electron chi connectivity index (χ3n) is 2.48. The van der Waals surface area contributed by atoms with Crippen molar-refractivity contribution in [2.75, 3.05) is 19.5 Å². The van der Waals surface area contributed by atoms with Crippen molar-refractivity contribution in [2.24, 2.45) is 0 Å². The molecule has 1 rings (SSSR count). The molecule has 0 saturated heterocycles. The minimum absolute atomic E-state index is 0.274. The molecule has 3 nitrogen and oxygen atoms in total. The van der Waals surface area contributed by atoms with Crippen LogP contribution in [0.5, 0.6) is 5.75 Å². The van der Waals surface area contributed by atoms with Gasteiger partial charge in [-0.3, -0.25) is 0 Å². The summed E-state index contributed by atoms with van der Waals surface area (Å²) in [6.45, 7) is 0.969. The zero-order chi connectivity index (χ0) is 12.5. The summed E-state index contributed by atoms with van der Waals surface area (Å²) in [6, 6.07) is 7.36. The molecular formula is C13H20O3S. The second kappa shape index (κ2) is 8.39. The van der Waals surface area contributed by atoms with Crippen molar-refractivity contribution < 1.29 is 14.4 Å². The van der Waals surface area contributed by atoms with Crippen LogP contribution in [0.2, 0.25) is 0 Å². The van der Waals surface area contributed by atoms with Gasteiger partial charge in [0, 0.05) is 6.61 Å². The molecular weight excluding hydrogens is 236 g/mol. The van der Waals surface area contributed by atoms with E-state index in [0.29, 0.717) is 6.61 Å². The third kappa shape index (κ3) is 5.96. The molecule has 0 heterocycles. The van der Waals surface area contributed by atoms with Gasteiger partial charge in [0.05, 0.1) is 6.61 Å². The Morgan fingerprint density at radius 3 is 2.35 bits per heavy atom. The predicted octanol–water partition coefficient (Wildman–Crippen LogP) is 2.36. The van der Waals surface area contributed by atoms with Crippen LogP contribution in [0.25, 0.3) is 0 Å². The average Bonchev–Trinajstić information content (AvgIpc) is 2.34. The molecule has 0 aliphatic rings. The highest BCUT2D eigenvalue weighted by Gasteiger charge is 2.03. The van der Waals surface area contributed by atoms with Crippen molar-refractivity contribution in [1.29, 1.82) is 0 Å². The summed E-state index contributed by atoms with van der Waals surface area (Å²) in [4.78, 5) is 0.820. The quantitative estimate of drug-likeness (QED) is 0.574. The summed E-state index contributed by atoms with van der Waals surface area (Å²) >= 11 is -0.928. The summed E-state index contributed by atoms with van der Waals surface area (Å²) in [5, 5.41) is 8.62. The minimum Gasteiger partial charge on any atom is -0.612 e. The Hall–Kier alpha value is -0.710. The molecule has 1 unspecified atom stereocenters. The molecule has 0 spiro atoms. The van der Waals surface area contributed by atoms with Gasteiger partial charge in [-0.05, 0) is 54.7 Å². The van der Waals surface area contributed by atoms with Gasteiger partial charge in [-0.2, -0.15) is 0 Å². The van der Waals surface area contributed by atoms with Gasteiger partial charge in [0.2, 0.25) is 0 Å². The molecule has 4 heteroatoms. The molecule has 1 aromatic rings. The lowest BCUT2D eigenvalue weighted by Crippen LogP contribution is -1.99. The Morgan fingerprint density at radius 2 is 1.76 bits per heavy atom. The van der Waals surface area contributed by atoms with Gasteiger partial charge in [-0.25, -0.2) is 0 Å². The van der Waals surface area contributed by atoms with E-state index in [1.807, 2.05) is 24.3 Å². The van der Waals surface area contributed by atoms with Gasteiger partial charge in [0.15, 0.2) is 4.90 Å². The zero-order valence-corrected chi connectivity index (χ0v) is 11.0. The Morgan fingerprint density at radius 1 is 1.12 bits per heavy atom. The first-order valence-electron chi connectivity index (χ1n) is 5.91. The Bertz CT molecular complexity index is 298. The monoisotopic (exact) mass is 256 g/mol. The molecule has 1 N–H and O–H groups in total. The molecule has 0 radical (unpaired) electrons. The van der Waals surface area contributed by atoms with Gasteiger partial charge < -0.3 is 14.4 Å². The molecule has 0 aromatic heterocycles. The van der Waals surface area contributed by atoms with Crippen LogP contribution in [-0.4, -0.2) is 29.1 Å². The smallest absolute Gasteiger partial charge is 0.152 e. The van der Waals surface area contributed by atoms with Crippen LogP contribution in [0.1, 0.15) is 25.7 Å². The lowest BCUT2D eigenvalue weighted by atomic mass is 10.2. The minimum atomic E-state index is -0.928. The van der Waals surface area contributed by atoms with E-state index < -0.39 is 11.2 Å². The van der Waals surface area contributed by atoms with Crippen LogP contribution in [0.15, 0.2) is 29.2 Å². The fraction of sp³-hybridized carbons (Fsp3) is 0.538. The Labute approximate surface area is 106 Å². The first-order valence-corrected chi connectivity index (χ1v) is 7.47. The van der Waals surface area contributed by atoms with Crippen LogP contribution >= 0.6 is 0 Å². The number of hydrogen-bond acceptors (Lipinski definition) is 3. The van der Waals surface area contributed by atoms with E-state index in [1.54, 1.807) is 6.26 Å². The van der Waals surface area contributed by atoms with E-state index in [4.69, 9.17) is 9.84 Å². The lowest BCUT2D eigenvalue weighted by Gasteiger charge is -2.07. The normalized spacial score (nSPS) is 12.4. The van der Waals surface area contributed by atoms with Crippen molar-refractivity contribution in [1.82, 2.24) is 0 Å². The van der Waals surface area contributed by atoms with Gasteiger partial charge in [0.1, 0.15) is 12.0 Å². The summed E-state index contributed by atoms with van der Waals surface area (Å²) in [5.41, 5.74) is 0. The summed E-state index contributed by atoms with van der Waals surface area (Å²) in [7, 11) is 0. The number of rotatable bonds is 8. The fourth-order valence-corrected chi connectivity index (χ4v) is 2.00. The highest BCUT2D eigenvalue weighted by Crippen LogP contribution is 2.16. The fourth-order valence-electron chi connectivity index (χ4n) is 1.48. The molecule has 0 aliphatic carbocycles. The number of ether oxygens (including phenoxy) is 1. The molecule has 0 bridgehead atoms. The maximum atomic E-state index is 11.2. The van der Waals surface area contributed by atoms with Crippen LogP contribution in [0, 0.1) is 0 Å². The van der Waals surface area contributed by atoms with Crippen molar-refractivity contribution in [3.8, 4) is 5.75 Å². The molecule has 0 amide bonds.